The second kappa shape index (κ2) is 6.54. The fraction of sp³-hybridized carbons (Fsp3) is 0.538. The zero-order valence-electron chi connectivity index (χ0n) is 11.1. The minimum absolute atomic E-state index is 0.163. The molecule has 1 aromatic carbocycles. The van der Waals surface area contributed by atoms with Gasteiger partial charge in [0.2, 0.25) is 0 Å². The van der Waals surface area contributed by atoms with Crippen molar-refractivity contribution in [1.82, 2.24) is 10.2 Å². The summed E-state index contributed by atoms with van der Waals surface area (Å²) < 4.78 is 25.4. The third kappa shape index (κ3) is 3.19. The SMILES string of the molecule is COc1cc(Br)c(CN2CCNCC2)c(F)c1OC. The summed E-state index contributed by atoms with van der Waals surface area (Å²) in [5, 5.41) is 3.28. The molecule has 0 bridgehead atoms. The molecular formula is C13H18BrFN2O2. The van der Waals surface area contributed by atoms with Crippen LogP contribution in [0.25, 0.3) is 0 Å². The van der Waals surface area contributed by atoms with Crippen molar-refractivity contribution in [3.8, 4) is 11.5 Å². The molecule has 0 aliphatic carbocycles. The molecule has 1 aliphatic heterocycles. The van der Waals surface area contributed by atoms with Gasteiger partial charge >= 0.3 is 0 Å². The highest BCUT2D eigenvalue weighted by atomic mass is 79.9. The maximum absolute atomic E-state index is 14.5. The van der Waals surface area contributed by atoms with E-state index >= 15 is 0 Å². The predicted molar refractivity (Wildman–Crippen MR) is 75.4 cm³/mol. The molecule has 1 aromatic rings. The van der Waals surface area contributed by atoms with E-state index in [1.807, 2.05) is 0 Å². The lowest BCUT2D eigenvalue weighted by Gasteiger charge is -2.28. The summed E-state index contributed by atoms with van der Waals surface area (Å²) in [6, 6.07) is 1.75. The zero-order valence-corrected chi connectivity index (χ0v) is 12.7. The Kier molecular flexibility index (Phi) is 5.01. The largest absolute Gasteiger partial charge is 0.493 e. The first-order chi connectivity index (χ1) is 9.17. The second-order valence-corrected chi connectivity index (χ2v) is 5.27. The number of methoxy groups -OCH3 is 2. The average molecular weight is 333 g/mol. The minimum Gasteiger partial charge on any atom is -0.493 e. The molecule has 0 aromatic heterocycles. The summed E-state index contributed by atoms with van der Waals surface area (Å²) in [5.74, 6) is 0.207. The Bertz CT molecular complexity index is 451. The van der Waals surface area contributed by atoms with E-state index in [1.165, 1.54) is 14.2 Å². The van der Waals surface area contributed by atoms with Gasteiger partial charge in [-0.15, -0.1) is 0 Å². The van der Waals surface area contributed by atoms with Gasteiger partial charge in [0, 0.05) is 42.8 Å². The van der Waals surface area contributed by atoms with Crippen molar-refractivity contribution in [3.05, 3.63) is 21.9 Å². The van der Waals surface area contributed by atoms with Gasteiger partial charge in [0.05, 0.1) is 14.2 Å². The van der Waals surface area contributed by atoms with Gasteiger partial charge in [-0.3, -0.25) is 4.90 Å². The number of nitrogens with zero attached hydrogens (tertiary/aromatic N) is 1. The van der Waals surface area contributed by atoms with Crippen molar-refractivity contribution in [2.75, 3.05) is 40.4 Å². The van der Waals surface area contributed by atoms with Gasteiger partial charge < -0.3 is 14.8 Å². The van der Waals surface area contributed by atoms with E-state index in [1.54, 1.807) is 6.07 Å². The Balaban J connectivity index is 2.28. The molecule has 2 rings (SSSR count). The second-order valence-electron chi connectivity index (χ2n) is 4.41. The summed E-state index contributed by atoms with van der Waals surface area (Å²) in [6.45, 7) is 4.27. The molecule has 1 aliphatic rings. The molecule has 106 valence electrons. The Hall–Kier alpha value is -0.850. The lowest BCUT2D eigenvalue weighted by Crippen LogP contribution is -2.43. The summed E-state index contributed by atoms with van der Waals surface area (Å²) in [5.41, 5.74) is 0.611. The van der Waals surface area contributed by atoms with Crippen molar-refractivity contribution in [2.45, 2.75) is 6.54 Å². The van der Waals surface area contributed by atoms with Crippen molar-refractivity contribution in [3.63, 3.8) is 0 Å². The fourth-order valence-electron chi connectivity index (χ4n) is 2.20. The van der Waals surface area contributed by atoms with Crippen LogP contribution >= 0.6 is 15.9 Å². The van der Waals surface area contributed by atoms with Gasteiger partial charge in [0.1, 0.15) is 0 Å². The van der Waals surface area contributed by atoms with Crippen LogP contribution in [0.4, 0.5) is 4.39 Å². The molecule has 0 saturated carbocycles. The normalized spacial score (nSPS) is 16.4. The van der Waals surface area contributed by atoms with Crippen molar-refractivity contribution >= 4 is 15.9 Å². The molecule has 0 atom stereocenters. The van der Waals surface area contributed by atoms with E-state index in [4.69, 9.17) is 9.47 Å². The van der Waals surface area contributed by atoms with Crippen molar-refractivity contribution < 1.29 is 13.9 Å². The lowest BCUT2D eigenvalue weighted by atomic mass is 10.1. The van der Waals surface area contributed by atoms with Crippen LogP contribution in [0.5, 0.6) is 11.5 Å². The van der Waals surface area contributed by atoms with E-state index in [0.29, 0.717) is 22.3 Å². The summed E-state index contributed by atoms with van der Waals surface area (Å²) in [4.78, 5) is 2.21. The van der Waals surface area contributed by atoms with Crippen LogP contribution in [-0.2, 0) is 6.54 Å². The molecule has 0 unspecified atom stereocenters. The molecule has 1 saturated heterocycles. The molecule has 1 fully saturated rings. The molecule has 0 amide bonds. The van der Waals surface area contributed by atoms with Crippen LogP contribution in [0, 0.1) is 5.82 Å². The van der Waals surface area contributed by atoms with Crippen LogP contribution in [0.3, 0.4) is 0 Å². The maximum atomic E-state index is 14.5. The predicted octanol–water partition coefficient (Wildman–Crippen LogP) is 2.01. The Labute approximate surface area is 121 Å². The number of halogens is 2. The molecule has 0 spiro atoms. The number of piperazine rings is 1. The summed E-state index contributed by atoms with van der Waals surface area (Å²) in [6.07, 6.45) is 0. The molecule has 1 N–H and O–H groups in total. The first kappa shape index (κ1) is 14.6. The highest BCUT2D eigenvalue weighted by molar-refractivity contribution is 9.10. The highest BCUT2D eigenvalue weighted by Gasteiger charge is 2.21. The topological polar surface area (TPSA) is 33.7 Å². The third-order valence-corrected chi connectivity index (χ3v) is 3.96. The van der Waals surface area contributed by atoms with Gasteiger partial charge in [-0.05, 0) is 6.07 Å². The van der Waals surface area contributed by atoms with Gasteiger partial charge in [0.15, 0.2) is 17.3 Å². The van der Waals surface area contributed by atoms with Crippen LogP contribution in [0.1, 0.15) is 5.56 Å². The van der Waals surface area contributed by atoms with Gasteiger partial charge in [-0.2, -0.15) is 0 Å². The first-order valence-corrected chi connectivity index (χ1v) is 6.98. The zero-order chi connectivity index (χ0) is 13.8. The van der Waals surface area contributed by atoms with Crippen molar-refractivity contribution in [1.29, 1.82) is 0 Å². The summed E-state index contributed by atoms with van der Waals surface area (Å²) in [7, 11) is 2.95. The van der Waals surface area contributed by atoms with Crippen molar-refractivity contribution in [2.24, 2.45) is 0 Å². The number of ether oxygens (including phenoxy) is 2. The molecule has 6 heteroatoms. The Morgan fingerprint density at radius 3 is 2.58 bits per heavy atom. The third-order valence-electron chi connectivity index (χ3n) is 3.25. The number of benzene rings is 1. The van der Waals surface area contributed by atoms with E-state index in [-0.39, 0.29) is 11.6 Å². The molecule has 1 heterocycles. The van der Waals surface area contributed by atoms with Crippen LogP contribution in [-0.4, -0.2) is 45.3 Å². The van der Waals surface area contributed by atoms with E-state index in [0.717, 1.165) is 26.2 Å². The average Bonchev–Trinajstić information content (AvgIpc) is 2.44. The molecule has 19 heavy (non-hydrogen) atoms. The highest BCUT2D eigenvalue weighted by Crippen LogP contribution is 2.37. The first-order valence-electron chi connectivity index (χ1n) is 6.19. The lowest BCUT2D eigenvalue weighted by molar-refractivity contribution is 0.228. The van der Waals surface area contributed by atoms with E-state index < -0.39 is 0 Å². The molecule has 0 radical (unpaired) electrons. The number of hydrogen-bond donors (Lipinski definition) is 1. The van der Waals surface area contributed by atoms with Crippen LogP contribution in [0.2, 0.25) is 0 Å². The maximum Gasteiger partial charge on any atom is 0.197 e. The van der Waals surface area contributed by atoms with Gasteiger partial charge in [0.25, 0.3) is 0 Å². The number of rotatable bonds is 4. The van der Waals surface area contributed by atoms with Crippen LogP contribution in [0.15, 0.2) is 10.5 Å². The quantitative estimate of drug-likeness (QED) is 0.914. The number of nitrogens with one attached hydrogen (secondary N) is 1. The monoisotopic (exact) mass is 332 g/mol. The standard InChI is InChI=1S/C13H18BrFN2O2/c1-18-11-7-10(14)9(12(15)13(11)19-2)8-17-5-3-16-4-6-17/h7,16H,3-6,8H2,1-2H3. The van der Waals surface area contributed by atoms with Gasteiger partial charge in [-0.25, -0.2) is 4.39 Å². The summed E-state index contributed by atoms with van der Waals surface area (Å²) >= 11 is 3.41. The van der Waals surface area contributed by atoms with E-state index in [9.17, 15) is 4.39 Å². The Morgan fingerprint density at radius 2 is 2.00 bits per heavy atom. The molecule has 4 nitrogen and oxygen atoms in total. The Morgan fingerprint density at radius 1 is 1.32 bits per heavy atom. The smallest absolute Gasteiger partial charge is 0.197 e. The van der Waals surface area contributed by atoms with Gasteiger partial charge in [-0.1, -0.05) is 15.9 Å². The molecular weight excluding hydrogens is 315 g/mol. The van der Waals surface area contributed by atoms with E-state index in [2.05, 4.69) is 26.1 Å². The minimum atomic E-state index is -0.354. The fourth-order valence-corrected chi connectivity index (χ4v) is 2.70. The number of hydrogen-bond acceptors (Lipinski definition) is 4. The van der Waals surface area contributed by atoms with Crippen LogP contribution < -0.4 is 14.8 Å².